The Morgan fingerprint density at radius 3 is 0.972 bits per heavy atom. The molecule has 26 heteroatoms. The fourth-order valence-corrected chi connectivity index (χ4v) is 6.68. The van der Waals surface area contributed by atoms with Gasteiger partial charge in [0.05, 0.1) is 12.8 Å². The summed E-state index contributed by atoms with van der Waals surface area (Å²) in [5, 5.41) is 56.8. The number of carbonyl (C=O) groups is 12. The van der Waals surface area contributed by atoms with Crippen molar-refractivity contribution >= 4 is 71.1 Å². The number of amides is 8. The first-order chi connectivity index (χ1) is 33.8. The van der Waals surface area contributed by atoms with E-state index in [-0.39, 0.29) is 63.4 Å². The average Bonchev–Trinajstić information content (AvgIpc) is 3.31. The van der Waals surface area contributed by atoms with Gasteiger partial charge in [-0.05, 0) is 96.6 Å². The van der Waals surface area contributed by atoms with Crippen LogP contribution in [0.25, 0.3) is 0 Å². The highest BCUT2D eigenvalue weighted by atomic mass is 16.4. The van der Waals surface area contributed by atoms with Gasteiger partial charge < -0.3 is 74.4 Å². The molecule has 4 atom stereocenters. The van der Waals surface area contributed by atoms with Crippen LogP contribution >= 0.6 is 0 Å². The first kappa shape index (κ1) is 64.6. The van der Waals surface area contributed by atoms with Crippen LogP contribution in [0.5, 0.6) is 0 Å². The topological polar surface area (TPSA) is 434 Å². The van der Waals surface area contributed by atoms with Crippen molar-refractivity contribution in [3.63, 3.8) is 0 Å². The van der Waals surface area contributed by atoms with Crippen LogP contribution in [-0.4, -0.2) is 155 Å². The summed E-state index contributed by atoms with van der Waals surface area (Å²) >= 11 is 0. The third-order valence-electron chi connectivity index (χ3n) is 10.6. The summed E-state index contributed by atoms with van der Waals surface area (Å²) in [6.45, 7) is 1.88. The minimum Gasteiger partial charge on any atom is -0.481 e. The molecule has 0 aliphatic rings. The first-order valence-corrected chi connectivity index (χ1v) is 24.3. The number of nitrogens with one attached hydrogen (secondary N) is 8. The highest BCUT2D eigenvalue weighted by Gasteiger charge is 2.29. The molecule has 0 saturated carbocycles. The molecule has 16 N–H and O–H groups in total. The van der Waals surface area contributed by atoms with Gasteiger partial charge in [-0.25, -0.2) is 0 Å². The van der Waals surface area contributed by atoms with E-state index in [0.717, 1.165) is 0 Å². The molecular weight excluding hydrogens is 937 g/mol. The van der Waals surface area contributed by atoms with Crippen LogP contribution < -0.4 is 54.0 Å². The van der Waals surface area contributed by atoms with E-state index < -0.39 is 122 Å². The van der Waals surface area contributed by atoms with E-state index in [2.05, 4.69) is 42.5 Å². The highest BCUT2D eigenvalue weighted by Crippen LogP contribution is 2.08. The van der Waals surface area contributed by atoms with E-state index in [1.807, 2.05) is 0 Å². The van der Waals surface area contributed by atoms with Gasteiger partial charge >= 0.3 is 23.9 Å². The molecule has 0 saturated heterocycles. The number of rotatable bonds is 44. The van der Waals surface area contributed by atoms with Crippen molar-refractivity contribution < 1.29 is 78.0 Å². The quantitative estimate of drug-likeness (QED) is 0.0313. The second kappa shape index (κ2) is 40.3. The zero-order valence-corrected chi connectivity index (χ0v) is 40.7. The molecule has 0 heterocycles. The van der Waals surface area contributed by atoms with Gasteiger partial charge in [-0.15, -0.1) is 0 Å². The Labute approximate surface area is 413 Å². The molecule has 8 amide bonds. The Kier molecular flexibility index (Phi) is 36.7. The van der Waals surface area contributed by atoms with Crippen molar-refractivity contribution in [1.29, 1.82) is 0 Å². The molecule has 0 aliphatic heterocycles. The van der Waals surface area contributed by atoms with Gasteiger partial charge in [0.2, 0.25) is 47.3 Å². The fraction of sp³-hybridized carbons (Fsp3) is 0.733. The maximum absolute atomic E-state index is 13.1. The third kappa shape index (κ3) is 36.2. The second-order valence-corrected chi connectivity index (χ2v) is 16.8. The number of unbranched alkanes of at least 4 members (excludes halogenated alkanes) is 6. The minimum atomic E-state index is -1.31. The summed E-state index contributed by atoms with van der Waals surface area (Å²) in [6.07, 6.45) is 3.62. The maximum atomic E-state index is 13.1. The Balaban J connectivity index is 4.58. The zero-order chi connectivity index (χ0) is 53.4. The standard InChI is InChI=1S/C45H78N10O16/c46-24-7-5-12-30(54-44(70)32(16-20-38(60)61)52-36(58)18-22-40(64)65)42(68)50-26-9-1-3-14-34(56)48-28-11-29-49-35(57)15-4-2-10-27-51-43(69)31(13-6-8-25-47)55-45(71)33(17-21-39(62)63)53-37(59)19-23-41(66)67/h30-33H,1-29,46-47H2,(H,48,56)(H,49,57)(H,50,68)(H,51,69)(H,52,58)(H,53,59)(H,54,70)(H,55,71)(H,60,61)(H,62,63)(H,64,65)(H,66,67)/t30-,31-,32-,33-/m0/s1. The molecular formula is C45H78N10O16. The van der Waals surface area contributed by atoms with Crippen molar-refractivity contribution in [2.24, 2.45) is 11.5 Å². The van der Waals surface area contributed by atoms with Gasteiger partial charge in [0, 0.05) is 64.7 Å². The molecule has 0 aromatic heterocycles. The zero-order valence-electron chi connectivity index (χ0n) is 40.7. The summed E-state index contributed by atoms with van der Waals surface area (Å²) in [5.41, 5.74) is 11.2. The second-order valence-electron chi connectivity index (χ2n) is 16.8. The maximum Gasteiger partial charge on any atom is 0.303 e. The number of carbonyl (C=O) groups excluding carboxylic acids is 8. The Bertz CT molecular complexity index is 1600. The minimum absolute atomic E-state index is 0.176. The lowest BCUT2D eigenvalue weighted by Gasteiger charge is -2.23. The third-order valence-corrected chi connectivity index (χ3v) is 10.6. The first-order valence-electron chi connectivity index (χ1n) is 24.3. The predicted molar refractivity (Wildman–Crippen MR) is 255 cm³/mol. The van der Waals surface area contributed by atoms with Crippen LogP contribution in [-0.2, 0) is 57.5 Å². The molecule has 404 valence electrons. The summed E-state index contributed by atoms with van der Waals surface area (Å²) in [5.74, 6) is -9.27. The Hall–Kier alpha value is -6.44. The number of aliphatic carboxylic acids is 4. The van der Waals surface area contributed by atoms with Crippen LogP contribution in [0, 0.1) is 0 Å². The molecule has 71 heavy (non-hydrogen) atoms. The number of hydrogen-bond acceptors (Lipinski definition) is 14. The summed E-state index contributed by atoms with van der Waals surface area (Å²) in [6, 6.07) is -4.62. The predicted octanol–water partition coefficient (Wildman–Crippen LogP) is -1.38. The van der Waals surface area contributed by atoms with Crippen LogP contribution in [0.4, 0.5) is 0 Å². The van der Waals surface area contributed by atoms with E-state index in [9.17, 15) is 57.5 Å². The van der Waals surface area contributed by atoms with Crippen molar-refractivity contribution in [3.05, 3.63) is 0 Å². The van der Waals surface area contributed by atoms with Gasteiger partial charge in [-0.2, -0.15) is 0 Å². The van der Waals surface area contributed by atoms with E-state index in [0.29, 0.717) is 96.8 Å². The van der Waals surface area contributed by atoms with E-state index in [1.165, 1.54) is 0 Å². The number of hydrogen-bond donors (Lipinski definition) is 14. The lowest BCUT2D eigenvalue weighted by atomic mass is 10.1. The summed E-state index contributed by atoms with van der Waals surface area (Å²) < 4.78 is 0. The van der Waals surface area contributed by atoms with Gasteiger partial charge in [0.25, 0.3) is 0 Å². The Morgan fingerprint density at radius 2 is 0.634 bits per heavy atom. The van der Waals surface area contributed by atoms with Crippen LogP contribution in [0.2, 0.25) is 0 Å². The number of carboxylic acid groups (broad SMARTS) is 4. The van der Waals surface area contributed by atoms with Gasteiger partial charge in [-0.1, -0.05) is 12.8 Å². The largest absolute Gasteiger partial charge is 0.481 e. The number of nitrogens with two attached hydrogens (primary N) is 2. The van der Waals surface area contributed by atoms with E-state index in [1.54, 1.807) is 0 Å². The molecule has 0 aliphatic carbocycles. The monoisotopic (exact) mass is 1010 g/mol. The SMILES string of the molecule is NCCCC[C@H](NC(=O)[C@H](CCC(=O)O)NC(=O)CCC(=O)O)C(=O)NCCCCCC(=O)NCCCNC(=O)CCCCCNC(=O)[C@H](CCCCN)NC(=O)[C@H](CCC(=O)O)NC(=O)CCC(=O)O. The average molecular weight is 1020 g/mol. The molecule has 0 aromatic carbocycles. The van der Waals surface area contributed by atoms with Gasteiger partial charge in [0.1, 0.15) is 24.2 Å². The molecule has 0 fully saturated rings. The summed E-state index contributed by atoms with van der Waals surface area (Å²) in [7, 11) is 0. The fourth-order valence-electron chi connectivity index (χ4n) is 6.68. The van der Waals surface area contributed by atoms with Crippen molar-refractivity contribution in [3.8, 4) is 0 Å². The molecule has 0 spiro atoms. The highest BCUT2D eigenvalue weighted by molar-refractivity contribution is 5.94. The molecule has 26 nitrogen and oxygen atoms in total. The number of carboxylic acids is 4. The molecule has 0 radical (unpaired) electrons. The van der Waals surface area contributed by atoms with Crippen molar-refractivity contribution in [2.75, 3.05) is 39.3 Å². The molecule has 0 unspecified atom stereocenters. The molecule has 0 bridgehead atoms. The van der Waals surface area contributed by atoms with Crippen LogP contribution in [0.3, 0.4) is 0 Å². The molecule has 0 aromatic rings. The van der Waals surface area contributed by atoms with Crippen molar-refractivity contribution in [2.45, 2.75) is 172 Å². The van der Waals surface area contributed by atoms with Gasteiger partial charge in [-0.3, -0.25) is 57.5 Å². The van der Waals surface area contributed by atoms with E-state index in [4.69, 9.17) is 31.9 Å². The smallest absolute Gasteiger partial charge is 0.303 e. The lowest BCUT2D eigenvalue weighted by Crippen LogP contribution is -2.54. The normalized spacial score (nSPS) is 12.4. The van der Waals surface area contributed by atoms with E-state index >= 15 is 0 Å². The van der Waals surface area contributed by atoms with Gasteiger partial charge in [0.15, 0.2) is 0 Å². The molecule has 0 rings (SSSR count). The van der Waals surface area contributed by atoms with Crippen molar-refractivity contribution in [1.82, 2.24) is 42.5 Å². The van der Waals surface area contributed by atoms with Crippen LogP contribution in [0.15, 0.2) is 0 Å². The van der Waals surface area contributed by atoms with Crippen LogP contribution in [0.1, 0.15) is 148 Å². The Morgan fingerprint density at radius 1 is 0.296 bits per heavy atom. The summed E-state index contributed by atoms with van der Waals surface area (Å²) in [4.78, 5) is 145. The lowest BCUT2D eigenvalue weighted by molar-refractivity contribution is -0.140.